The summed E-state index contributed by atoms with van der Waals surface area (Å²) in [6.07, 6.45) is 5.27. The van der Waals surface area contributed by atoms with E-state index in [1.54, 1.807) is 12.4 Å². The largest absolute Gasteiger partial charge is 0.294 e. The van der Waals surface area contributed by atoms with Gasteiger partial charge in [-0.1, -0.05) is 30.7 Å². The van der Waals surface area contributed by atoms with E-state index >= 15 is 0 Å². The van der Waals surface area contributed by atoms with Crippen LogP contribution < -0.4 is 0 Å². The van der Waals surface area contributed by atoms with Crippen LogP contribution in [0.3, 0.4) is 0 Å². The lowest BCUT2D eigenvalue weighted by Gasteiger charge is -2.27. The van der Waals surface area contributed by atoms with Crippen LogP contribution in [0.25, 0.3) is 5.57 Å². The lowest BCUT2D eigenvalue weighted by atomic mass is 9.75. The van der Waals surface area contributed by atoms with E-state index < -0.39 is 0 Å². The van der Waals surface area contributed by atoms with Crippen molar-refractivity contribution < 1.29 is 4.79 Å². The Morgan fingerprint density at radius 3 is 2.44 bits per heavy atom. The molecule has 0 amide bonds. The molecule has 1 atom stereocenters. The summed E-state index contributed by atoms with van der Waals surface area (Å²) in [4.78, 5) is 16.9. The van der Waals surface area contributed by atoms with Crippen molar-refractivity contribution in [2.45, 2.75) is 33.6 Å². The monoisotopic (exact) mass is 351 g/mol. The topological polar surface area (TPSA) is 30.0 Å². The number of benzene rings is 1. The summed E-state index contributed by atoms with van der Waals surface area (Å²) in [6, 6.07) is 11.9. The minimum absolute atomic E-state index is 0.114. The predicted octanol–water partition coefficient (Wildman–Crippen LogP) is 5.68. The van der Waals surface area contributed by atoms with Gasteiger partial charge in [0.1, 0.15) is 0 Å². The summed E-state index contributed by atoms with van der Waals surface area (Å²) < 4.78 is 0. The van der Waals surface area contributed by atoms with Crippen LogP contribution in [0, 0.1) is 5.92 Å². The van der Waals surface area contributed by atoms with Gasteiger partial charge < -0.3 is 0 Å². The van der Waals surface area contributed by atoms with Crippen molar-refractivity contribution in [3.8, 4) is 0 Å². The fourth-order valence-corrected chi connectivity index (χ4v) is 3.92. The number of allylic oxidation sites excluding steroid dienone is 4. The normalized spacial score (nSPS) is 18.1. The van der Waals surface area contributed by atoms with Crippen LogP contribution in [0.15, 0.2) is 65.5 Å². The maximum Gasteiger partial charge on any atom is 0.166 e. The molecule has 1 aromatic heterocycles. The van der Waals surface area contributed by atoms with Gasteiger partial charge in [0.25, 0.3) is 0 Å². The molecule has 0 radical (unpaired) electrons. The van der Waals surface area contributed by atoms with Gasteiger partial charge in [-0.25, -0.2) is 0 Å². The third-order valence-electron chi connectivity index (χ3n) is 5.05. The van der Waals surface area contributed by atoms with Crippen molar-refractivity contribution in [1.82, 2.24) is 4.98 Å². The number of ketones is 1. The van der Waals surface area contributed by atoms with Gasteiger partial charge in [-0.2, -0.15) is 0 Å². The molecule has 0 N–H and O–H groups in total. The molecule has 0 spiro atoms. The van der Waals surface area contributed by atoms with Gasteiger partial charge in [-0.15, -0.1) is 0 Å². The number of carbonyl (C=O) groups excluding carboxylic acids is 1. The van der Waals surface area contributed by atoms with Crippen LogP contribution in [0.1, 0.15) is 38.3 Å². The Morgan fingerprint density at radius 2 is 1.76 bits per heavy atom. The summed E-state index contributed by atoms with van der Waals surface area (Å²) in [5.74, 6) is 0.107. The number of aromatic nitrogens is 1. The third kappa shape index (κ3) is 3.59. The van der Waals surface area contributed by atoms with Crippen LogP contribution in [-0.2, 0) is 11.2 Å². The van der Waals surface area contributed by atoms with Crippen LogP contribution in [0.5, 0.6) is 0 Å². The highest BCUT2D eigenvalue weighted by molar-refractivity contribution is 6.30. The van der Waals surface area contributed by atoms with Crippen molar-refractivity contribution in [1.29, 1.82) is 0 Å². The standard InChI is InChI=1S/C22H22ClNO/c1-14-20(8-7-17-5-4-6-19(23)13-17)15(2)22(25)16(3)21(14)18-9-11-24-12-10-18/h4-6,9-13,16H,7-8H2,1-3H3. The average molecular weight is 352 g/mol. The number of Topliss-reactive ketones (excluding diaryl/α,β-unsaturated/α-hetero) is 1. The molecule has 2 nitrogen and oxygen atoms in total. The van der Waals surface area contributed by atoms with Crippen LogP contribution in [0.2, 0.25) is 5.02 Å². The number of halogens is 1. The fraction of sp³-hybridized carbons (Fsp3) is 0.273. The highest BCUT2D eigenvalue weighted by atomic mass is 35.5. The average Bonchev–Trinajstić information content (AvgIpc) is 2.61. The first-order valence-electron chi connectivity index (χ1n) is 8.59. The minimum Gasteiger partial charge on any atom is -0.294 e. The van der Waals surface area contributed by atoms with Gasteiger partial charge in [0.2, 0.25) is 0 Å². The molecular weight excluding hydrogens is 330 g/mol. The van der Waals surface area contributed by atoms with Gasteiger partial charge >= 0.3 is 0 Å². The van der Waals surface area contributed by atoms with Crippen LogP contribution in [0.4, 0.5) is 0 Å². The molecule has 1 aliphatic carbocycles. The number of carbonyl (C=O) groups is 1. The summed E-state index contributed by atoms with van der Waals surface area (Å²) in [6.45, 7) is 6.09. The Bertz CT molecular complexity index is 865. The van der Waals surface area contributed by atoms with Gasteiger partial charge in [-0.05, 0) is 84.4 Å². The van der Waals surface area contributed by atoms with E-state index in [2.05, 4.69) is 18.0 Å². The number of rotatable bonds is 4. The molecule has 128 valence electrons. The van der Waals surface area contributed by atoms with Crippen molar-refractivity contribution in [2.75, 3.05) is 0 Å². The van der Waals surface area contributed by atoms with Gasteiger partial charge in [0, 0.05) is 23.3 Å². The maximum atomic E-state index is 12.8. The second-order valence-corrected chi connectivity index (χ2v) is 7.03. The summed E-state index contributed by atoms with van der Waals surface area (Å²) >= 11 is 6.09. The molecule has 1 aliphatic rings. The Labute approximate surface area is 154 Å². The first kappa shape index (κ1) is 17.6. The van der Waals surface area contributed by atoms with E-state index in [1.165, 1.54) is 11.1 Å². The molecule has 3 rings (SSSR count). The highest BCUT2D eigenvalue weighted by Crippen LogP contribution is 2.39. The van der Waals surface area contributed by atoms with E-state index in [0.717, 1.165) is 40.1 Å². The van der Waals surface area contributed by atoms with Crippen LogP contribution in [-0.4, -0.2) is 10.8 Å². The van der Waals surface area contributed by atoms with E-state index in [9.17, 15) is 4.79 Å². The number of pyridine rings is 1. The van der Waals surface area contributed by atoms with E-state index in [4.69, 9.17) is 11.6 Å². The van der Waals surface area contributed by atoms with Gasteiger partial charge in [0.15, 0.2) is 5.78 Å². The van der Waals surface area contributed by atoms with Gasteiger partial charge in [0.05, 0.1) is 0 Å². The lowest BCUT2D eigenvalue weighted by Crippen LogP contribution is -2.22. The number of aryl methyl sites for hydroxylation is 1. The zero-order valence-corrected chi connectivity index (χ0v) is 15.6. The second-order valence-electron chi connectivity index (χ2n) is 6.59. The Hall–Kier alpha value is -2.19. The summed E-state index contributed by atoms with van der Waals surface area (Å²) in [5.41, 5.74) is 6.68. The van der Waals surface area contributed by atoms with Crippen molar-refractivity contribution >= 4 is 23.0 Å². The summed E-state index contributed by atoms with van der Waals surface area (Å²) in [5, 5.41) is 0.751. The number of nitrogens with zero attached hydrogens (tertiary/aromatic N) is 1. The quantitative estimate of drug-likeness (QED) is 0.709. The third-order valence-corrected chi connectivity index (χ3v) is 5.28. The second kappa shape index (κ2) is 7.37. The zero-order chi connectivity index (χ0) is 18.0. The van der Waals surface area contributed by atoms with Crippen molar-refractivity contribution in [2.24, 2.45) is 5.92 Å². The molecule has 0 saturated heterocycles. The highest BCUT2D eigenvalue weighted by Gasteiger charge is 2.29. The van der Waals surface area contributed by atoms with Crippen molar-refractivity contribution in [3.05, 3.63) is 81.7 Å². The smallest absolute Gasteiger partial charge is 0.166 e. The Morgan fingerprint density at radius 1 is 1.04 bits per heavy atom. The zero-order valence-electron chi connectivity index (χ0n) is 14.8. The molecule has 1 unspecified atom stereocenters. The number of hydrogen-bond donors (Lipinski definition) is 0. The molecule has 0 bridgehead atoms. The first-order chi connectivity index (χ1) is 12.0. The molecule has 0 saturated carbocycles. The Kier molecular flexibility index (Phi) is 5.19. The molecule has 1 heterocycles. The molecule has 2 aromatic rings. The van der Waals surface area contributed by atoms with E-state index in [-0.39, 0.29) is 11.7 Å². The molecule has 25 heavy (non-hydrogen) atoms. The fourth-order valence-electron chi connectivity index (χ4n) is 3.71. The first-order valence-corrected chi connectivity index (χ1v) is 8.96. The van der Waals surface area contributed by atoms with E-state index in [1.807, 2.05) is 44.2 Å². The molecule has 1 aromatic carbocycles. The maximum absolute atomic E-state index is 12.8. The number of hydrogen-bond acceptors (Lipinski definition) is 2. The van der Waals surface area contributed by atoms with Crippen LogP contribution >= 0.6 is 11.6 Å². The predicted molar refractivity (Wildman–Crippen MR) is 103 cm³/mol. The van der Waals surface area contributed by atoms with E-state index in [0.29, 0.717) is 0 Å². The minimum atomic E-state index is -0.114. The molecule has 0 fully saturated rings. The summed E-state index contributed by atoms with van der Waals surface area (Å²) in [7, 11) is 0. The van der Waals surface area contributed by atoms with Gasteiger partial charge in [-0.3, -0.25) is 9.78 Å². The SMILES string of the molecule is CC1=C(CCc2cccc(Cl)c2)C(C)=C(c2ccncc2)C(C)C1=O. The Balaban J connectivity index is 1.96. The molecule has 0 aliphatic heterocycles. The molecular formula is C22H22ClNO. The molecule has 3 heteroatoms. The lowest BCUT2D eigenvalue weighted by molar-refractivity contribution is -0.117. The van der Waals surface area contributed by atoms with Crippen molar-refractivity contribution in [3.63, 3.8) is 0 Å².